The van der Waals surface area contributed by atoms with Crippen molar-refractivity contribution in [3.63, 3.8) is 0 Å². The molecule has 1 N–H and O–H groups in total. The van der Waals surface area contributed by atoms with E-state index < -0.39 is 34.3 Å². The molecule has 1 aliphatic carbocycles. The Labute approximate surface area is 285 Å². The van der Waals surface area contributed by atoms with Gasteiger partial charge in [-0.2, -0.15) is 0 Å². The third kappa shape index (κ3) is 8.52. The Morgan fingerprint density at radius 2 is 1.49 bits per heavy atom. The number of carbonyl (C=O) groups is 2. The molecule has 0 saturated heterocycles. The molecule has 246 valence electrons. The SMILES string of the molecule is Cc1ccc(S(=O)(=O)N(CC(=O)N(Cc2c(Cl)cccc2Cl)[C@H](Cc2ccccc2)C(=O)NC2CCCC2)c2ccc(F)cc2)cc1. The van der Waals surface area contributed by atoms with E-state index in [-0.39, 0.29) is 35.5 Å². The van der Waals surface area contributed by atoms with E-state index in [0.717, 1.165) is 53.2 Å². The minimum Gasteiger partial charge on any atom is -0.352 e. The molecule has 1 atom stereocenters. The molecule has 11 heteroatoms. The fourth-order valence-electron chi connectivity index (χ4n) is 5.75. The van der Waals surface area contributed by atoms with Crippen LogP contribution in [0.1, 0.15) is 42.4 Å². The van der Waals surface area contributed by atoms with Gasteiger partial charge in [0, 0.05) is 34.6 Å². The van der Waals surface area contributed by atoms with Gasteiger partial charge in [0.15, 0.2) is 0 Å². The summed E-state index contributed by atoms with van der Waals surface area (Å²) in [6.45, 7) is 1.000. The standard InChI is InChI=1S/C36H36Cl2FN3O4S/c1-25-14-20-30(21-15-25)47(45,46)42(29-18-16-27(39)17-19-29)24-35(43)41(23-31-32(37)12-7-13-33(31)38)34(22-26-8-3-2-4-9-26)36(44)40-28-10-5-6-11-28/h2-4,7-9,12-21,28,34H,5-6,10-11,22-24H2,1H3,(H,40,44)/t34-/m1/s1. The summed E-state index contributed by atoms with van der Waals surface area (Å²) in [5.41, 5.74) is 2.18. The number of amides is 2. The first-order valence-electron chi connectivity index (χ1n) is 15.4. The number of nitrogens with zero attached hydrogens (tertiary/aromatic N) is 2. The first kappa shape index (κ1) is 34.4. The first-order valence-corrected chi connectivity index (χ1v) is 17.6. The van der Waals surface area contributed by atoms with Gasteiger partial charge >= 0.3 is 0 Å². The van der Waals surface area contributed by atoms with E-state index in [1.165, 1.54) is 29.2 Å². The monoisotopic (exact) mass is 695 g/mol. The molecule has 0 unspecified atom stereocenters. The fourth-order valence-corrected chi connectivity index (χ4v) is 7.68. The zero-order valence-electron chi connectivity index (χ0n) is 25.9. The van der Waals surface area contributed by atoms with Crippen molar-refractivity contribution in [2.75, 3.05) is 10.8 Å². The summed E-state index contributed by atoms with van der Waals surface area (Å²) in [5, 5.41) is 3.73. The predicted octanol–water partition coefficient (Wildman–Crippen LogP) is 7.34. The zero-order valence-corrected chi connectivity index (χ0v) is 28.2. The summed E-state index contributed by atoms with van der Waals surface area (Å²) in [5.74, 6) is -1.58. The summed E-state index contributed by atoms with van der Waals surface area (Å²) < 4.78 is 43.2. The normalized spacial score (nSPS) is 14.0. The third-order valence-electron chi connectivity index (χ3n) is 8.37. The Morgan fingerprint density at radius 1 is 0.872 bits per heavy atom. The number of nitrogens with one attached hydrogen (secondary N) is 1. The van der Waals surface area contributed by atoms with E-state index in [0.29, 0.717) is 15.6 Å². The topological polar surface area (TPSA) is 86.8 Å². The number of benzene rings is 4. The van der Waals surface area contributed by atoms with Gasteiger partial charge in [-0.05, 0) is 73.9 Å². The predicted molar refractivity (Wildman–Crippen MR) is 183 cm³/mol. The molecule has 0 spiro atoms. The molecule has 2 amide bonds. The smallest absolute Gasteiger partial charge is 0.264 e. The molecule has 0 heterocycles. The van der Waals surface area contributed by atoms with Crippen molar-refractivity contribution in [2.24, 2.45) is 0 Å². The number of halogens is 3. The highest BCUT2D eigenvalue weighted by molar-refractivity contribution is 7.92. The van der Waals surface area contributed by atoms with E-state index >= 15 is 0 Å². The van der Waals surface area contributed by atoms with Gasteiger partial charge in [-0.15, -0.1) is 0 Å². The number of sulfonamides is 1. The maximum atomic E-state index is 14.6. The van der Waals surface area contributed by atoms with E-state index in [9.17, 15) is 22.4 Å². The highest BCUT2D eigenvalue weighted by atomic mass is 35.5. The van der Waals surface area contributed by atoms with E-state index in [2.05, 4.69) is 5.32 Å². The van der Waals surface area contributed by atoms with Gasteiger partial charge in [-0.1, -0.05) is 90.1 Å². The van der Waals surface area contributed by atoms with Crippen molar-refractivity contribution >= 4 is 50.7 Å². The second-order valence-electron chi connectivity index (χ2n) is 11.7. The van der Waals surface area contributed by atoms with Crippen LogP contribution in [0, 0.1) is 12.7 Å². The van der Waals surface area contributed by atoms with Crippen molar-refractivity contribution in [3.05, 3.63) is 130 Å². The number of rotatable bonds is 12. The van der Waals surface area contributed by atoms with E-state index in [4.69, 9.17) is 23.2 Å². The molecule has 0 bridgehead atoms. The lowest BCUT2D eigenvalue weighted by Crippen LogP contribution is -2.54. The van der Waals surface area contributed by atoms with Crippen molar-refractivity contribution in [3.8, 4) is 0 Å². The summed E-state index contributed by atoms with van der Waals surface area (Å²) in [7, 11) is -4.31. The van der Waals surface area contributed by atoms with Crippen LogP contribution in [-0.4, -0.2) is 43.8 Å². The average molecular weight is 697 g/mol. The van der Waals surface area contributed by atoms with Crippen molar-refractivity contribution in [1.29, 1.82) is 0 Å². The van der Waals surface area contributed by atoms with Crippen LogP contribution in [0.2, 0.25) is 10.0 Å². The number of hydrogen-bond acceptors (Lipinski definition) is 4. The lowest BCUT2D eigenvalue weighted by atomic mass is 10.0. The number of aryl methyl sites for hydroxylation is 1. The summed E-state index contributed by atoms with van der Waals surface area (Å²) in [4.78, 5) is 30.0. The molecular weight excluding hydrogens is 660 g/mol. The highest BCUT2D eigenvalue weighted by Gasteiger charge is 2.36. The van der Waals surface area contributed by atoms with Crippen LogP contribution in [0.5, 0.6) is 0 Å². The molecule has 1 aliphatic rings. The van der Waals surface area contributed by atoms with E-state index in [1.54, 1.807) is 30.3 Å². The van der Waals surface area contributed by atoms with Gasteiger partial charge in [0.05, 0.1) is 10.6 Å². The molecule has 4 aromatic rings. The van der Waals surface area contributed by atoms with Crippen LogP contribution in [0.3, 0.4) is 0 Å². The summed E-state index contributed by atoms with van der Waals surface area (Å²) in [6.07, 6.45) is 3.82. The Hall–Kier alpha value is -3.92. The number of hydrogen-bond donors (Lipinski definition) is 1. The molecule has 4 aromatic carbocycles. The second-order valence-corrected chi connectivity index (χ2v) is 14.4. The largest absolute Gasteiger partial charge is 0.352 e. The van der Waals surface area contributed by atoms with Crippen LogP contribution in [0.4, 0.5) is 10.1 Å². The molecule has 0 aliphatic heterocycles. The average Bonchev–Trinajstić information content (AvgIpc) is 3.57. The lowest BCUT2D eigenvalue weighted by Gasteiger charge is -2.34. The molecule has 7 nitrogen and oxygen atoms in total. The highest BCUT2D eigenvalue weighted by Crippen LogP contribution is 2.29. The Bertz CT molecular complexity index is 1780. The first-order chi connectivity index (χ1) is 22.5. The Balaban J connectivity index is 1.59. The molecule has 1 saturated carbocycles. The van der Waals surface area contributed by atoms with Crippen molar-refractivity contribution < 1.29 is 22.4 Å². The van der Waals surface area contributed by atoms with Crippen LogP contribution in [0.25, 0.3) is 0 Å². The van der Waals surface area contributed by atoms with Gasteiger partial charge in [-0.25, -0.2) is 12.8 Å². The molecule has 1 fully saturated rings. The molecule has 0 aromatic heterocycles. The summed E-state index contributed by atoms with van der Waals surface area (Å²) in [6, 6.07) is 24.3. The molecule has 47 heavy (non-hydrogen) atoms. The quantitative estimate of drug-likeness (QED) is 0.168. The second kappa shape index (κ2) is 15.3. The third-order valence-corrected chi connectivity index (χ3v) is 10.9. The van der Waals surface area contributed by atoms with Crippen molar-refractivity contribution in [1.82, 2.24) is 10.2 Å². The fraction of sp³-hybridized carbons (Fsp3) is 0.278. The lowest BCUT2D eigenvalue weighted by molar-refractivity contribution is -0.140. The van der Waals surface area contributed by atoms with Gasteiger partial charge in [0.1, 0.15) is 18.4 Å². The zero-order chi connectivity index (χ0) is 33.6. The van der Waals surface area contributed by atoms with Gasteiger partial charge in [0.2, 0.25) is 11.8 Å². The number of anilines is 1. The van der Waals surface area contributed by atoms with Crippen LogP contribution in [-0.2, 0) is 32.6 Å². The van der Waals surface area contributed by atoms with Crippen LogP contribution < -0.4 is 9.62 Å². The maximum Gasteiger partial charge on any atom is 0.264 e. The van der Waals surface area contributed by atoms with Gasteiger partial charge in [0.25, 0.3) is 10.0 Å². The maximum absolute atomic E-state index is 14.6. The molecule has 5 rings (SSSR count). The van der Waals surface area contributed by atoms with Crippen LogP contribution in [0.15, 0.2) is 102 Å². The number of carbonyl (C=O) groups excluding carboxylic acids is 2. The Morgan fingerprint density at radius 3 is 2.11 bits per heavy atom. The minimum absolute atomic E-state index is 0.0285. The van der Waals surface area contributed by atoms with E-state index in [1.807, 2.05) is 37.3 Å². The van der Waals surface area contributed by atoms with Crippen LogP contribution >= 0.6 is 23.2 Å². The van der Waals surface area contributed by atoms with Gasteiger partial charge < -0.3 is 10.2 Å². The minimum atomic E-state index is -4.31. The van der Waals surface area contributed by atoms with Gasteiger partial charge in [-0.3, -0.25) is 13.9 Å². The van der Waals surface area contributed by atoms with Crippen molar-refractivity contribution in [2.45, 2.75) is 62.6 Å². The summed E-state index contributed by atoms with van der Waals surface area (Å²) >= 11 is 13.2. The molecular formula is C36H36Cl2FN3O4S. The Kier molecular flexibility index (Phi) is 11.2. The molecule has 0 radical (unpaired) electrons.